The van der Waals surface area contributed by atoms with Gasteiger partial charge in [0.1, 0.15) is 5.82 Å². The first kappa shape index (κ1) is 14.2. The summed E-state index contributed by atoms with van der Waals surface area (Å²) in [6, 6.07) is 4.31. The fourth-order valence-electron chi connectivity index (χ4n) is 3.53. The third-order valence-electron chi connectivity index (χ3n) is 4.57. The quantitative estimate of drug-likeness (QED) is 0.740. The molecule has 1 unspecified atom stereocenters. The van der Waals surface area contributed by atoms with Crippen LogP contribution in [-0.2, 0) is 4.74 Å². The number of carbonyl (C=O) groups excluding carboxylic acids is 1. The summed E-state index contributed by atoms with van der Waals surface area (Å²) in [5, 5.41) is 0. The maximum atomic E-state index is 13.4. The Hall–Kier alpha value is -0.740. The molecule has 2 fully saturated rings. The molecule has 0 bridgehead atoms. The molecule has 20 heavy (non-hydrogen) atoms. The van der Waals surface area contributed by atoms with Gasteiger partial charge in [-0.15, -0.1) is 0 Å². The number of ketones is 1. The number of halogens is 2. The topological polar surface area (TPSA) is 26.3 Å². The van der Waals surface area contributed by atoms with E-state index in [9.17, 15) is 9.18 Å². The Kier molecular flexibility index (Phi) is 3.95. The molecule has 2 aliphatic rings. The molecule has 1 saturated carbocycles. The first-order valence-electron chi connectivity index (χ1n) is 7.23. The molecule has 0 N–H and O–H groups in total. The van der Waals surface area contributed by atoms with E-state index >= 15 is 0 Å². The SMILES string of the molecule is O=C(c1cc(F)ccc1Br)C1CCOC2(CCCC2)C1. The van der Waals surface area contributed by atoms with Gasteiger partial charge in [0.2, 0.25) is 0 Å². The van der Waals surface area contributed by atoms with E-state index < -0.39 is 0 Å². The minimum absolute atomic E-state index is 0.0417. The summed E-state index contributed by atoms with van der Waals surface area (Å²) in [4.78, 5) is 12.7. The van der Waals surface area contributed by atoms with Gasteiger partial charge in [0.15, 0.2) is 5.78 Å². The summed E-state index contributed by atoms with van der Waals surface area (Å²) in [6.45, 7) is 0.642. The molecule has 0 aromatic heterocycles. The van der Waals surface area contributed by atoms with Crippen molar-refractivity contribution in [2.75, 3.05) is 6.61 Å². The zero-order valence-electron chi connectivity index (χ0n) is 11.3. The number of ether oxygens (including phenoxy) is 1. The van der Waals surface area contributed by atoms with Gasteiger partial charge in [-0.25, -0.2) is 4.39 Å². The van der Waals surface area contributed by atoms with Crippen LogP contribution in [0.3, 0.4) is 0 Å². The van der Waals surface area contributed by atoms with Crippen molar-refractivity contribution in [3.8, 4) is 0 Å². The molecule has 0 amide bonds. The van der Waals surface area contributed by atoms with E-state index in [-0.39, 0.29) is 23.1 Å². The summed E-state index contributed by atoms with van der Waals surface area (Å²) in [5.74, 6) is -0.356. The summed E-state index contributed by atoms with van der Waals surface area (Å²) in [6.07, 6.45) is 6.01. The normalized spacial score (nSPS) is 25.0. The van der Waals surface area contributed by atoms with Gasteiger partial charge in [-0.3, -0.25) is 4.79 Å². The lowest BCUT2D eigenvalue weighted by molar-refractivity contribution is -0.0866. The van der Waals surface area contributed by atoms with Gasteiger partial charge in [-0.05, 0) is 43.9 Å². The molecule has 1 aromatic carbocycles. The highest BCUT2D eigenvalue weighted by atomic mass is 79.9. The number of Topliss-reactive ketones (excluding diaryl/α,β-unsaturated/α-hetero) is 1. The Balaban J connectivity index is 1.81. The smallest absolute Gasteiger partial charge is 0.167 e. The Morgan fingerprint density at radius 2 is 2.10 bits per heavy atom. The second-order valence-corrected chi connectivity index (χ2v) is 6.77. The van der Waals surface area contributed by atoms with Crippen molar-refractivity contribution in [3.63, 3.8) is 0 Å². The van der Waals surface area contributed by atoms with Crippen molar-refractivity contribution in [1.82, 2.24) is 0 Å². The van der Waals surface area contributed by atoms with Crippen molar-refractivity contribution in [1.29, 1.82) is 0 Å². The van der Waals surface area contributed by atoms with E-state index in [0.29, 0.717) is 16.6 Å². The highest BCUT2D eigenvalue weighted by Crippen LogP contribution is 2.43. The van der Waals surface area contributed by atoms with E-state index in [4.69, 9.17) is 4.74 Å². The number of rotatable bonds is 2. The van der Waals surface area contributed by atoms with Gasteiger partial charge in [-0.2, -0.15) is 0 Å². The minimum atomic E-state index is -0.362. The molecule has 4 heteroatoms. The third kappa shape index (κ3) is 2.68. The molecule has 1 aliphatic heterocycles. The third-order valence-corrected chi connectivity index (χ3v) is 5.26. The fourth-order valence-corrected chi connectivity index (χ4v) is 3.97. The van der Waals surface area contributed by atoms with Crippen molar-refractivity contribution < 1.29 is 13.9 Å². The van der Waals surface area contributed by atoms with Gasteiger partial charge in [-0.1, -0.05) is 28.8 Å². The van der Waals surface area contributed by atoms with Crippen LogP contribution in [0, 0.1) is 11.7 Å². The monoisotopic (exact) mass is 340 g/mol. The first-order chi connectivity index (χ1) is 9.60. The van der Waals surface area contributed by atoms with Gasteiger partial charge < -0.3 is 4.74 Å². The average molecular weight is 341 g/mol. The highest BCUT2D eigenvalue weighted by Gasteiger charge is 2.42. The lowest BCUT2D eigenvalue weighted by Crippen LogP contribution is -2.39. The molecule has 1 aromatic rings. The van der Waals surface area contributed by atoms with Crippen molar-refractivity contribution in [2.24, 2.45) is 5.92 Å². The summed E-state index contributed by atoms with van der Waals surface area (Å²) in [7, 11) is 0. The van der Waals surface area contributed by atoms with E-state index in [1.165, 1.54) is 25.0 Å². The Labute approximate surface area is 126 Å². The number of benzene rings is 1. The van der Waals surface area contributed by atoms with Crippen molar-refractivity contribution in [3.05, 3.63) is 34.1 Å². The molecule has 1 saturated heterocycles. The van der Waals surface area contributed by atoms with E-state index in [1.54, 1.807) is 6.07 Å². The van der Waals surface area contributed by atoms with Crippen LogP contribution in [0.15, 0.2) is 22.7 Å². The lowest BCUT2D eigenvalue weighted by Gasteiger charge is -2.37. The molecule has 2 nitrogen and oxygen atoms in total. The van der Waals surface area contributed by atoms with Crippen LogP contribution >= 0.6 is 15.9 Å². The largest absolute Gasteiger partial charge is 0.375 e. The molecule has 3 rings (SSSR count). The molecule has 0 radical (unpaired) electrons. The fraction of sp³-hybridized carbons (Fsp3) is 0.562. The second-order valence-electron chi connectivity index (χ2n) is 5.92. The van der Waals surface area contributed by atoms with Gasteiger partial charge in [0.05, 0.1) is 5.60 Å². The highest BCUT2D eigenvalue weighted by molar-refractivity contribution is 9.10. The molecule has 1 atom stereocenters. The molecular weight excluding hydrogens is 323 g/mol. The zero-order valence-corrected chi connectivity index (χ0v) is 12.9. The van der Waals surface area contributed by atoms with Crippen LogP contribution in [0.4, 0.5) is 4.39 Å². The second kappa shape index (κ2) is 5.57. The van der Waals surface area contributed by atoms with Crippen LogP contribution < -0.4 is 0 Å². The Morgan fingerprint density at radius 1 is 1.35 bits per heavy atom. The molecular formula is C16H18BrFO2. The Bertz CT molecular complexity index is 523. The van der Waals surface area contributed by atoms with Crippen LogP contribution in [-0.4, -0.2) is 18.0 Å². The number of carbonyl (C=O) groups is 1. The van der Waals surface area contributed by atoms with Gasteiger partial charge in [0.25, 0.3) is 0 Å². The van der Waals surface area contributed by atoms with Crippen LogP contribution in [0.25, 0.3) is 0 Å². The minimum Gasteiger partial charge on any atom is -0.375 e. The van der Waals surface area contributed by atoms with Crippen LogP contribution in [0.2, 0.25) is 0 Å². The zero-order chi connectivity index (χ0) is 14.2. The predicted octanol–water partition coefficient (Wildman–Crippen LogP) is 4.51. The van der Waals surface area contributed by atoms with Gasteiger partial charge in [0, 0.05) is 22.6 Å². The summed E-state index contributed by atoms with van der Waals surface area (Å²) in [5.41, 5.74) is 0.378. The lowest BCUT2D eigenvalue weighted by atomic mass is 9.80. The number of hydrogen-bond donors (Lipinski definition) is 0. The number of hydrogen-bond acceptors (Lipinski definition) is 2. The summed E-state index contributed by atoms with van der Waals surface area (Å²) < 4.78 is 20.0. The first-order valence-corrected chi connectivity index (χ1v) is 8.02. The Morgan fingerprint density at radius 3 is 2.85 bits per heavy atom. The van der Waals surface area contributed by atoms with Crippen LogP contribution in [0.1, 0.15) is 48.9 Å². The average Bonchev–Trinajstić information content (AvgIpc) is 2.88. The predicted molar refractivity (Wildman–Crippen MR) is 78.3 cm³/mol. The van der Waals surface area contributed by atoms with E-state index in [1.807, 2.05) is 0 Å². The van der Waals surface area contributed by atoms with Crippen LogP contribution in [0.5, 0.6) is 0 Å². The molecule has 108 valence electrons. The molecule has 1 spiro atoms. The van der Waals surface area contributed by atoms with Crippen molar-refractivity contribution in [2.45, 2.75) is 44.1 Å². The maximum Gasteiger partial charge on any atom is 0.167 e. The van der Waals surface area contributed by atoms with Crippen molar-refractivity contribution >= 4 is 21.7 Å². The molecule has 1 heterocycles. The van der Waals surface area contributed by atoms with E-state index in [2.05, 4.69) is 15.9 Å². The maximum absolute atomic E-state index is 13.4. The standard InChI is InChI=1S/C16H18BrFO2/c17-14-4-3-12(18)9-13(14)15(19)11-5-8-20-16(10-11)6-1-2-7-16/h3-4,9,11H,1-2,5-8,10H2. The molecule has 1 aliphatic carbocycles. The summed E-state index contributed by atoms with van der Waals surface area (Å²) >= 11 is 3.35. The van der Waals surface area contributed by atoms with Gasteiger partial charge >= 0.3 is 0 Å². The van der Waals surface area contributed by atoms with E-state index in [0.717, 1.165) is 25.7 Å².